The fourth-order valence-electron chi connectivity index (χ4n) is 2.32. The first-order chi connectivity index (χ1) is 13.4. The van der Waals surface area contributed by atoms with Crippen LogP contribution in [0.1, 0.15) is 21.5 Å². The molecular weight excluding hydrogens is 390 g/mol. The van der Waals surface area contributed by atoms with Crippen molar-refractivity contribution in [3.8, 4) is 11.5 Å². The minimum absolute atomic E-state index is 0.0390. The summed E-state index contributed by atoms with van der Waals surface area (Å²) in [4.78, 5) is 23.1. The van der Waals surface area contributed by atoms with Crippen molar-refractivity contribution in [2.75, 3.05) is 12.9 Å². The number of allylic oxidation sites excluding steroid dienone is 1. The average Bonchev–Trinajstić information content (AvgIpc) is 2.66. The first-order valence-electron chi connectivity index (χ1n) is 8.13. The molecule has 28 heavy (non-hydrogen) atoms. The third-order valence-corrected chi connectivity index (χ3v) is 4.55. The molecule has 1 N–H and O–H groups in total. The second-order valence-electron chi connectivity index (χ2n) is 5.56. The summed E-state index contributed by atoms with van der Waals surface area (Å²) in [6, 6.07) is 10.8. The van der Waals surface area contributed by atoms with Crippen LogP contribution in [0, 0.1) is 0 Å². The Kier molecular flexibility index (Phi) is 8.01. The highest BCUT2D eigenvalue weighted by atomic mass is 32.2. The summed E-state index contributed by atoms with van der Waals surface area (Å²) in [6.07, 6.45) is 2.94. The van der Waals surface area contributed by atoms with Crippen LogP contribution in [-0.4, -0.2) is 36.3 Å². The maximum Gasteiger partial charge on any atom is 0.387 e. The van der Waals surface area contributed by atoms with E-state index in [-0.39, 0.29) is 17.3 Å². The number of ether oxygens (including phenoxy) is 2. The molecule has 0 unspecified atom stereocenters. The quantitative estimate of drug-likeness (QED) is 0.461. The highest BCUT2D eigenvalue weighted by molar-refractivity contribution is 7.99. The maximum atomic E-state index is 12.4. The molecule has 0 bridgehead atoms. The molecule has 0 aromatic heterocycles. The Bertz CT molecular complexity index is 850. The first-order valence-corrected chi connectivity index (χ1v) is 9.28. The zero-order chi connectivity index (χ0) is 20.5. The van der Waals surface area contributed by atoms with Crippen LogP contribution in [-0.2, 0) is 10.5 Å². The molecule has 0 radical (unpaired) electrons. The Morgan fingerprint density at radius 2 is 1.89 bits per heavy atom. The molecule has 2 aromatic rings. The van der Waals surface area contributed by atoms with Gasteiger partial charge in [-0.2, -0.15) is 8.78 Å². The molecule has 5 nitrogen and oxygen atoms in total. The Labute approximate surface area is 165 Å². The van der Waals surface area contributed by atoms with Crippen LogP contribution in [0.3, 0.4) is 0 Å². The normalized spacial score (nSPS) is 11.0. The highest BCUT2D eigenvalue weighted by Gasteiger charge is 2.10. The van der Waals surface area contributed by atoms with E-state index in [0.717, 1.165) is 5.56 Å². The molecule has 2 rings (SSSR count). The Morgan fingerprint density at radius 3 is 2.50 bits per heavy atom. The number of methoxy groups -OCH3 is 1. The van der Waals surface area contributed by atoms with E-state index in [0.29, 0.717) is 22.6 Å². The van der Waals surface area contributed by atoms with Gasteiger partial charge in [0.15, 0.2) is 5.78 Å². The van der Waals surface area contributed by atoms with E-state index in [9.17, 15) is 18.4 Å². The highest BCUT2D eigenvalue weighted by Crippen LogP contribution is 2.25. The number of hydrogen-bond acceptors (Lipinski definition) is 5. The van der Waals surface area contributed by atoms with Crippen molar-refractivity contribution in [2.24, 2.45) is 0 Å². The van der Waals surface area contributed by atoms with E-state index < -0.39 is 12.6 Å². The Morgan fingerprint density at radius 1 is 1.18 bits per heavy atom. The summed E-state index contributed by atoms with van der Waals surface area (Å²) in [6.45, 7) is -2.89. The van der Waals surface area contributed by atoms with Crippen LogP contribution in [0.25, 0.3) is 6.08 Å². The minimum Gasteiger partial charge on any atom is -0.496 e. The molecule has 0 aliphatic heterocycles. The zero-order valence-electron chi connectivity index (χ0n) is 14.9. The Hall–Kier alpha value is -2.87. The number of aliphatic carboxylic acids is 1. The number of benzene rings is 2. The number of rotatable bonds is 10. The summed E-state index contributed by atoms with van der Waals surface area (Å²) in [5.74, 6) is -0.201. The van der Waals surface area contributed by atoms with Gasteiger partial charge in [-0.1, -0.05) is 18.2 Å². The predicted octanol–water partition coefficient (Wildman–Crippen LogP) is 4.51. The lowest BCUT2D eigenvalue weighted by atomic mass is 10.1. The van der Waals surface area contributed by atoms with Gasteiger partial charge in [0.05, 0.1) is 12.9 Å². The van der Waals surface area contributed by atoms with Gasteiger partial charge in [-0.3, -0.25) is 9.59 Å². The monoisotopic (exact) mass is 408 g/mol. The summed E-state index contributed by atoms with van der Waals surface area (Å²) in [5.41, 5.74) is 1.81. The summed E-state index contributed by atoms with van der Waals surface area (Å²) < 4.78 is 33.8. The van der Waals surface area contributed by atoms with Crippen molar-refractivity contribution in [3.05, 3.63) is 65.2 Å². The molecule has 8 heteroatoms. The summed E-state index contributed by atoms with van der Waals surface area (Å²) >= 11 is 1.21. The lowest BCUT2D eigenvalue weighted by molar-refractivity contribution is -0.133. The van der Waals surface area contributed by atoms with Crippen molar-refractivity contribution in [1.29, 1.82) is 0 Å². The van der Waals surface area contributed by atoms with Crippen molar-refractivity contribution in [3.63, 3.8) is 0 Å². The second-order valence-corrected chi connectivity index (χ2v) is 6.54. The number of carboxylic acids is 1. The van der Waals surface area contributed by atoms with Crippen molar-refractivity contribution in [1.82, 2.24) is 0 Å². The van der Waals surface area contributed by atoms with E-state index >= 15 is 0 Å². The van der Waals surface area contributed by atoms with Gasteiger partial charge in [0, 0.05) is 16.9 Å². The number of ketones is 1. The number of hydrogen-bond donors (Lipinski definition) is 1. The zero-order valence-corrected chi connectivity index (χ0v) is 15.7. The molecular formula is C20H18F2O5S. The van der Waals surface area contributed by atoms with Gasteiger partial charge in [-0.15, -0.1) is 11.8 Å². The van der Waals surface area contributed by atoms with E-state index in [2.05, 4.69) is 4.74 Å². The van der Waals surface area contributed by atoms with Gasteiger partial charge in [-0.25, -0.2) is 0 Å². The fourth-order valence-corrected chi connectivity index (χ4v) is 3.04. The third-order valence-electron chi connectivity index (χ3n) is 3.58. The average molecular weight is 408 g/mol. The van der Waals surface area contributed by atoms with Gasteiger partial charge in [0.1, 0.15) is 11.5 Å². The molecule has 0 saturated heterocycles. The minimum atomic E-state index is -2.89. The van der Waals surface area contributed by atoms with Crippen molar-refractivity contribution >= 4 is 29.6 Å². The number of carbonyl (C=O) groups excluding carboxylic acids is 1. The van der Waals surface area contributed by atoms with E-state index in [4.69, 9.17) is 9.84 Å². The van der Waals surface area contributed by atoms with Crippen LogP contribution in [0.4, 0.5) is 8.78 Å². The largest absolute Gasteiger partial charge is 0.496 e. The molecule has 148 valence electrons. The molecule has 2 aromatic carbocycles. The van der Waals surface area contributed by atoms with E-state index in [1.165, 1.54) is 37.1 Å². The maximum absolute atomic E-state index is 12.4. The van der Waals surface area contributed by atoms with Crippen molar-refractivity contribution < 1.29 is 33.0 Å². The SMILES string of the molecule is COc1ccc(C(=O)/C=C/c2ccc(OC(F)F)cc2)cc1CSCC(=O)O. The molecule has 0 aliphatic carbocycles. The molecule has 0 spiro atoms. The van der Waals surface area contributed by atoms with E-state index in [1.807, 2.05) is 0 Å². The van der Waals surface area contributed by atoms with Gasteiger partial charge in [0.25, 0.3) is 0 Å². The number of alkyl halides is 2. The lowest BCUT2D eigenvalue weighted by Crippen LogP contribution is -2.01. The van der Waals surface area contributed by atoms with Gasteiger partial charge < -0.3 is 14.6 Å². The smallest absolute Gasteiger partial charge is 0.387 e. The van der Waals surface area contributed by atoms with Crippen LogP contribution < -0.4 is 9.47 Å². The Balaban J connectivity index is 2.08. The van der Waals surface area contributed by atoms with Crippen LogP contribution in [0.2, 0.25) is 0 Å². The van der Waals surface area contributed by atoms with Gasteiger partial charge in [-0.05, 0) is 42.0 Å². The van der Waals surface area contributed by atoms with Crippen LogP contribution >= 0.6 is 11.8 Å². The van der Waals surface area contributed by atoms with Gasteiger partial charge in [0.2, 0.25) is 0 Å². The standard InChI is InChI=1S/C20H18F2O5S/c1-26-18-9-5-14(10-15(18)11-28-12-19(24)25)17(23)8-4-13-2-6-16(7-3-13)27-20(21)22/h2-10,20H,11-12H2,1H3,(H,24,25)/b8-4+. The fraction of sp³-hybridized carbons (Fsp3) is 0.200. The molecule has 0 amide bonds. The third kappa shape index (κ3) is 6.70. The topological polar surface area (TPSA) is 72.8 Å². The summed E-state index contributed by atoms with van der Waals surface area (Å²) in [7, 11) is 1.50. The van der Waals surface area contributed by atoms with E-state index in [1.54, 1.807) is 36.4 Å². The second kappa shape index (κ2) is 10.5. The molecule has 0 atom stereocenters. The van der Waals surface area contributed by atoms with Crippen molar-refractivity contribution in [2.45, 2.75) is 12.4 Å². The van der Waals surface area contributed by atoms with Gasteiger partial charge >= 0.3 is 12.6 Å². The van der Waals surface area contributed by atoms with Crippen LogP contribution in [0.5, 0.6) is 11.5 Å². The first kappa shape index (κ1) is 21.4. The predicted molar refractivity (Wildman–Crippen MR) is 103 cm³/mol. The molecule has 0 aliphatic rings. The lowest BCUT2D eigenvalue weighted by Gasteiger charge is -2.09. The summed E-state index contributed by atoms with van der Waals surface area (Å²) in [5, 5.41) is 8.74. The molecule has 0 saturated carbocycles. The number of carbonyl (C=O) groups is 2. The molecule has 0 fully saturated rings. The molecule has 0 heterocycles. The van der Waals surface area contributed by atoms with Crippen LogP contribution in [0.15, 0.2) is 48.5 Å². The number of carboxylic acid groups (broad SMARTS) is 1. The number of halogens is 2. The number of thioether (sulfide) groups is 1.